The number of allylic oxidation sites excluding steroid dienone is 3. The molecule has 0 saturated carbocycles. The number of halogens is 2. The van der Waals surface area contributed by atoms with Crippen LogP contribution >= 0.6 is 11.6 Å². The molecular weight excluding hydrogens is 357 g/mol. The third kappa shape index (κ3) is 2.38. The van der Waals surface area contributed by atoms with Crippen molar-refractivity contribution in [2.75, 3.05) is 0 Å². The maximum absolute atomic E-state index is 15.2. The lowest BCUT2D eigenvalue weighted by molar-refractivity contribution is 0.252. The van der Waals surface area contributed by atoms with E-state index in [1.807, 2.05) is 0 Å². The van der Waals surface area contributed by atoms with Crippen molar-refractivity contribution < 1.29 is 25.8 Å². The first-order chi connectivity index (χ1) is 9.94. The minimum absolute atomic E-state index is 0.193. The molecule has 1 aromatic carbocycles. The van der Waals surface area contributed by atoms with Gasteiger partial charge in [-0.15, -0.1) is 11.6 Å². The molecule has 0 saturated heterocycles. The number of hydrogen-bond donors (Lipinski definition) is 2. The molecule has 2 rings (SSSR count). The third-order valence-electron chi connectivity index (χ3n) is 3.22. The number of primary sulfonamides is 1. The molecule has 2 atom stereocenters. The van der Waals surface area contributed by atoms with Gasteiger partial charge in [-0.05, 0) is 17.7 Å². The molecule has 120 valence electrons. The van der Waals surface area contributed by atoms with E-state index >= 15 is 4.39 Å². The van der Waals surface area contributed by atoms with Crippen molar-refractivity contribution in [3.63, 3.8) is 0 Å². The fraction of sp³-hybridized carbons (Fsp3) is 0.167. The van der Waals surface area contributed by atoms with Crippen LogP contribution in [0.5, 0.6) is 0 Å². The van der Waals surface area contributed by atoms with Gasteiger partial charge < -0.3 is 0 Å². The molecule has 3 N–H and O–H groups in total. The average molecular weight is 368 g/mol. The summed E-state index contributed by atoms with van der Waals surface area (Å²) in [5.41, 5.74) is -0.193. The highest BCUT2D eigenvalue weighted by atomic mass is 35.5. The van der Waals surface area contributed by atoms with Crippen LogP contribution in [-0.2, 0) is 25.0 Å². The van der Waals surface area contributed by atoms with Gasteiger partial charge in [-0.3, -0.25) is 4.55 Å². The summed E-state index contributed by atoms with van der Waals surface area (Å²) in [4.78, 5) is -3.64. The molecule has 0 aromatic heterocycles. The van der Waals surface area contributed by atoms with Crippen LogP contribution in [0.25, 0.3) is 0 Å². The second kappa shape index (κ2) is 5.14. The molecule has 1 aromatic rings. The number of sulfonamides is 1. The van der Waals surface area contributed by atoms with E-state index < -0.39 is 34.9 Å². The number of alkyl halides is 2. The molecular formula is C12H11ClFNO5S2. The fourth-order valence-electron chi connectivity index (χ4n) is 2.22. The second-order valence-electron chi connectivity index (χ2n) is 4.58. The van der Waals surface area contributed by atoms with Gasteiger partial charge in [0.25, 0.3) is 5.00 Å². The summed E-state index contributed by atoms with van der Waals surface area (Å²) >= 11 is 6.15. The van der Waals surface area contributed by atoms with E-state index in [2.05, 4.69) is 0 Å². The Morgan fingerprint density at radius 1 is 1.14 bits per heavy atom. The van der Waals surface area contributed by atoms with Crippen molar-refractivity contribution in [3.05, 3.63) is 59.0 Å². The van der Waals surface area contributed by atoms with E-state index in [0.29, 0.717) is 6.08 Å². The molecule has 22 heavy (non-hydrogen) atoms. The smallest absolute Gasteiger partial charge is 0.283 e. The molecule has 6 nitrogen and oxygen atoms in total. The molecule has 1 aliphatic carbocycles. The van der Waals surface area contributed by atoms with Crippen molar-refractivity contribution in [3.8, 4) is 0 Å². The number of nitrogens with two attached hydrogens (primary N) is 1. The van der Waals surface area contributed by atoms with Gasteiger partial charge in [0.1, 0.15) is 0 Å². The molecule has 0 amide bonds. The van der Waals surface area contributed by atoms with Crippen molar-refractivity contribution >= 4 is 31.7 Å². The first-order valence-electron chi connectivity index (χ1n) is 5.78. The largest absolute Gasteiger partial charge is 0.306 e. The topological polar surface area (TPSA) is 115 Å². The Morgan fingerprint density at radius 3 is 2.14 bits per heavy atom. The van der Waals surface area contributed by atoms with Gasteiger partial charge in [-0.25, -0.2) is 17.9 Å². The van der Waals surface area contributed by atoms with Crippen molar-refractivity contribution in [1.82, 2.24) is 0 Å². The first-order valence-corrected chi connectivity index (χ1v) is 9.14. The van der Waals surface area contributed by atoms with Crippen LogP contribution < -0.4 is 5.14 Å². The van der Waals surface area contributed by atoms with Gasteiger partial charge in [0.2, 0.25) is 10.0 Å². The Labute approximate surface area is 131 Å². The van der Waals surface area contributed by atoms with E-state index in [1.54, 1.807) is 0 Å². The Bertz CT molecular complexity index is 866. The zero-order valence-electron chi connectivity index (χ0n) is 10.8. The standard InChI is InChI=1S/C12H11ClFNO5S2/c13-12(9-5-2-1-3-6-9)10(21(15,16)17)7-4-8-11(12,14)22(18,19)20/h1-8H,(H2,15,16,17)(H,18,19,20). The van der Waals surface area contributed by atoms with Gasteiger partial charge in [0.15, 0.2) is 4.87 Å². The van der Waals surface area contributed by atoms with Crippen LogP contribution in [0.3, 0.4) is 0 Å². The van der Waals surface area contributed by atoms with Gasteiger partial charge in [-0.2, -0.15) is 8.42 Å². The molecule has 0 spiro atoms. The van der Waals surface area contributed by atoms with Crippen molar-refractivity contribution in [2.24, 2.45) is 5.14 Å². The summed E-state index contributed by atoms with van der Waals surface area (Å²) in [6, 6.07) is 6.80. The first kappa shape index (κ1) is 17.1. The maximum atomic E-state index is 15.2. The lowest BCUT2D eigenvalue weighted by Crippen LogP contribution is -2.53. The summed E-state index contributed by atoms with van der Waals surface area (Å²) in [5.74, 6) is 0. The van der Waals surface area contributed by atoms with Gasteiger partial charge >= 0.3 is 10.1 Å². The predicted molar refractivity (Wildman–Crippen MR) is 79.7 cm³/mol. The SMILES string of the molecule is NS(=O)(=O)C1=CC=CC(F)(S(=O)(=O)O)C1(Cl)c1ccccc1. The van der Waals surface area contributed by atoms with Gasteiger partial charge in [0.05, 0.1) is 4.91 Å². The average Bonchev–Trinajstić information content (AvgIpc) is 2.40. The van der Waals surface area contributed by atoms with Crippen LogP contribution in [0.1, 0.15) is 5.56 Å². The molecule has 0 bridgehead atoms. The molecule has 0 aliphatic heterocycles. The number of hydrogen-bond acceptors (Lipinski definition) is 4. The molecule has 0 radical (unpaired) electrons. The Kier molecular flexibility index (Phi) is 3.99. The molecule has 2 unspecified atom stereocenters. The van der Waals surface area contributed by atoms with E-state index in [9.17, 15) is 21.4 Å². The summed E-state index contributed by atoms with van der Waals surface area (Å²) in [6.07, 6.45) is 2.17. The lowest BCUT2D eigenvalue weighted by atomic mass is 9.89. The molecule has 0 heterocycles. The second-order valence-corrected chi connectivity index (χ2v) is 8.22. The zero-order valence-corrected chi connectivity index (χ0v) is 13.2. The minimum atomic E-state index is -5.42. The normalized spacial score (nSPS) is 29.2. The lowest BCUT2D eigenvalue weighted by Gasteiger charge is -2.39. The Morgan fingerprint density at radius 2 is 1.68 bits per heavy atom. The Hall–Kier alpha value is -1.26. The van der Waals surface area contributed by atoms with Crippen LogP contribution in [0.4, 0.5) is 4.39 Å². The van der Waals surface area contributed by atoms with Crippen LogP contribution in [0, 0.1) is 0 Å². The van der Waals surface area contributed by atoms with E-state index in [-0.39, 0.29) is 5.56 Å². The van der Waals surface area contributed by atoms with Crippen LogP contribution in [0.15, 0.2) is 53.5 Å². The van der Waals surface area contributed by atoms with E-state index in [4.69, 9.17) is 16.7 Å². The molecule has 10 heteroatoms. The quantitative estimate of drug-likeness (QED) is 0.619. The van der Waals surface area contributed by atoms with Gasteiger partial charge in [0, 0.05) is 0 Å². The number of benzene rings is 1. The monoisotopic (exact) mass is 367 g/mol. The van der Waals surface area contributed by atoms with E-state index in [0.717, 1.165) is 12.2 Å². The number of rotatable bonds is 3. The van der Waals surface area contributed by atoms with Crippen LogP contribution in [0.2, 0.25) is 0 Å². The summed E-state index contributed by atoms with van der Waals surface area (Å²) in [7, 11) is -9.97. The predicted octanol–water partition coefficient (Wildman–Crippen LogP) is 1.42. The van der Waals surface area contributed by atoms with Crippen molar-refractivity contribution in [2.45, 2.75) is 9.87 Å². The van der Waals surface area contributed by atoms with E-state index in [1.165, 1.54) is 30.3 Å². The maximum Gasteiger partial charge on any atom is 0.306 e. The highest BCUT2D eigenvalue weighted by molar-refractivity contribution is 7.93. The minimum Gasteiger partial charge on any atom is -0.283 e. The fourth-order valence-corrected chi connectivity index (χ4v) is 4.91. The van der Waals surface area contributed by atoms with Crippen molar-refractivity contribution in [1.29, 1.82) is 0 Å². The highest BCUT2D eigenvalue weighted by Gasteiger charge is 2.64. The zero-order chi connectivity index (χ0) is 16.8. The Balaban J connectivity index is 2.92. The third-order valence-corrected chi connectivity index (χ3v) is 6.39. The highest BCUT2D eigenvalue weighted by Crippen LogP contribution is 2.54. The molecule has 0 fully saturated rings. The summed E-state index contributed by atoms with van der Waals surface area (Å²) in [6.45, 7) is 0. The summed E-state index contributed by atoms with van der Waals surface area (Å²) in [5, 5.41) is 1.42. The molecule has 1 aliphatic rings. The van der Waals surface area contributed by atoms with Crippen LogP contribution in [-0.4, -0.2) is 26.4 Å². The van der Waals surface area contributed by atoms with Gasteiger partial charge in [-0.1, -0.05) is 36.4 Å². The summed E-state index contributed by atoms with van der Waals surface area (Å²) < 4.78 is 71.0.